The molecule has 1 aromatic heterocycles. The van der Waals surface area contributed by atoms with Crippen LogP contribution in [-0.2, 0) is 12.1 Å². The molecule has 1 aliphatic heterocycles. The van der Waals surface area contributed by atoms with Gasteiger partial charge in [-0.1, -0.05) is 43.2 Å². The number of fused-ring (bicyclic) bond motifs is 1. The van der Waals surface area contributed by atoms with Crippen LogP contribution in [0.25, 0.3) is 0 Å². The molecule has 0 bridgehead atoms. The molecule has 1 aliphatic carbocycles. The highest BCUT2D eigenvalue weighted by Crippen LogP contribution is 2.47. The lowest BCUT2D eigenvalue weighted by Gasteiger charge is -2.52. The summed E-state index contributed by atoms with van der Waals surface area (Å²) in [4.78, 5) is 18.2. The monoisotopic (exact) mass is 366 g/mol. The van der Waals surface area contributed by atoms with Gasteiger partial charge < -0.3 is 10.1 Å². The first kappa shape index (κ1) is 18.5. The quantitative estimate of drug-likeness (QED) is 0.872. The van der Waals surface area contributed by atoms with Gasteiger partial charge in [-0.2, -0.15) is 0 Å². The maximum absolute atomic E-state index is 12.3. The molecule has 2 aliphatic rings. The molecule has 1 aromatic carbocycles. The lowest BCUT2D eigenvalue weighted by Crippen LogP contribution is -2.57. The van der Waals surface area contributed by atoms with Crippen LogP contribution in [0.5, 0.6) is 0 Å². The van der Waals surface area contributed by atoms with Crippen LogP contribution in [0.3, 0.4) is 0 Å². The summed E-state index contributed by atoms with van der Waals surface area (Å²) in [6.07, 6.45) is 7.15. The summed E-state index contributed by atoms with van der Waals surface area (Å²) >= 11 is 0. The molecule has 0 radical (unpaired) electrons. The summed E-state index contributed by atoms with van der Waals surface area (Å²) in [6.45, 7) is 5.38. The number of H-pyrrole nitrogens is 1. The maximum atomic E-state index is 12.3. The molecule has 4 heteroatoms. The zero-order valence-corrected chi connectivity index (χ0v) is 16.4. The van der Waals surface area contributed by atoms with Gasteiger partial charge in [0.15, 0.2) is 5.43 Å². The number of rotatable bonds is 3. The largest absolute Gasteiger partial charge is 0.385 e. The molecule has 144 valence electrons. The van der Waals surface area contributed by atoms with Gasteiger partial charge in [0.05, 0.1) is 5.60 Å². The highest BCUT2D eigenvalue weighted by Gasteiger charge is 2.49. The van der Waals surface area contributed by atoms with E-state index in [9.17, 15) is 9.90 Å². The number of nitrogens with one attached hydrogen (secondary N) is 1. The van der Waals surface area contributed by atoms with Crippen molar-refractivity contribution in [2.45, 2.75) is 64.1 Å². The number of nitrogens with zero attached hydrogens (tertiary/aromatic N) is 1. The molecular weight excluding hydrogens is 336 g/mol. The average molecular weight is 367 g/mol. The van der Waals surface area contributed by atoms with E-state index < -0.39 is 5.60 Å². The first-order chi connectivity index (χ1) is 13.0. The van der Waals surface area contributed by atoms with Crippen LogP contribution < -0.4 is 5.43 Å². The van der Waals surface area contributed by atoms with E-state index in [1.807, 2.05) is 38.2 Å². The molecule has 1 saturated carbocycles. The van der Waals surface area contributed by atoms with Crippen LogP contribution in [-0.4, -0.2) is 27.6 Å². The molecule has 4 nitrogen and oxygen atoms in total. The molecular formula is C23H30N2O2. The van der Waals surface area contributed by atoms with Crippen molar-refractivity contribution < 1.29 is 5.11 Å². The zero-order chi connectivity index (χ0) is 19.0. The highest BCUT2D eigenvalue weighted by atomic mass is 16.3. The fourth-order valence-electron chi connectivity index (χ4n) is 5.22. The lowest BCUT2D eigenvalue weighted by molar-refractivity contribution is -0.123. The number of aromatic nitrogens is 1. The lowest BCUT2D eigenvalue weighted by atomic mass is 9.66. The van der Waals surface area contributed by atoms with Gasteiger partial charge in [0, 0.05) is 48.1 Å². The van der Waals surface area contributed by atoms with Crippen molar-refractivity contribution in [3.8, 4) is 0 Å². The summed E-state index contributed by atoms with van der Waals surface area (Å²) in [5.41, 5.74) is 3.07. The number of likely N-dealkylation sites (tertiary alicyclic amines) is 1. The van der Waals surface area contributed by atoms with Gasteiger partial charge in [-0.25, -0.2) is 0 Å². The Morgan fingerprint density at radius 2 is 1.93 bits per heavy atom. The summed E-state index contributed by atoms with van der Waals surface area (Å²) in [7, 11) is 0. The van der Waals surface area contributed by atoms with Gasteiger partial charge in [-0.05, 0) is 38.7 Å². The molecule has 4 rings (SSSR count). The Labute approximate surface area is 161 Å². The number of aromatic amines is 1. The van der Waals surface area contributed by atoms with Gasteiger partial charge in [-0.15, -0.1) is 0 Å². The second-order valence-corrected chi connectivity index (χ2v) is 8.37. The van der Waals surface area contributed by atoms with E-state index in [2.05, 4.69) is 22.0 Å². The molecule has 0 spiro atoms. The number of aliphatic hydroxyl groups is 1. The van der Waals surface area contributed by atoms with E-state index in [0.717, 1.165) is 54.7 Å². The van der Waals surface area contributed by atoms with E-state index in [4.69, 9.17) is 0 Å². The summed E-state index contributed by atoms with van der Waals surface area (Å²) in [5.74, 6) is 0.250. The van der Waals surface area contributed by atoms with Gasteiger partial charge in [-0.3, -0.25) is 9.69 Å². The SMILES string of the molecule is Cc1c[nH]c(CN2CC[C@@](O)(c3ccccc3)[C@H]3CCCC[C@@H]32)c(C)c1=O. The van der Waals surface area contributed by atoms with E-state index in [1.54, 1.807) is 0 Å². The molecule has 2 aromatic rings. The normalized spacial score (nSPS) is 28.7. The van der Waals surface area contributed by atoms with Gasteiger partial charge >= 0.3 is 0 Å². The maximum Gasteiger partial charge on any atom is 0.187 e. The minimum Gasteiger partial charge on any atom is -0.385 e. The van der Waals surface area contributed by atoms with Crippen molar-refractivity contribution in [3.63, 3.8) is 0 Å². The predicted octanol–water partition coefficient (Wildman–Crippen LogP) is 3.64. The van der Waals surface area contributed by atoms with E-state index >= 15 is 0 Å². The molecule has 1 saturated heterocycles. The minimum absolute atomic E-state index is 0.141. The van der Waals surface area contributed by atoms with E-state index in [1.165, 1.54) is 12.8 Å². The Morgan fingerprint density at radius 3 is 2.70 bits per heavy atom. The summed E-state index contributed by atoms with van der Waals surface area (Å²) in [6, 6.07) is 10.6. The number of hydrogen-bond acceptors (Lipinski definition) is 3. The summed E-state index contributed by atoms with van der Waals surface area (Å²) in [5, 5.41) is 11.7. The Hall–Kier alpha value is -1.91. The Morgan fingerprint density at radius 1 is 1.19 bits per heavy atom. The third-order valence-corrected chi connectivity index (χ3v) is 6.84. The van der Waals surface area contributed by atoms with Crippen LogP contribution in [0, 0.1) is 19.8 Å². The highest BCUT2D eigenvalue weighted by molar-refractivity contribution is 5.27. The van der Waals surface area contributed by atoms with Crippen LogP contribution in [0.1, 0.15) is 54.5 Å². The first-order valence-electron chi connectivity index (χ1n) is 10.2. The van der Waals surface area contributed by atoms with Crippen LogP contribution in [0.2, 0.25) is 0 Å². The molecule has 3 atom stereocenters. The van der Waals surface area contributed by atoms with Crippen LogP contribution >= 0.6 is 0 Å². The Kier molecular flexibility index (Phi) is 4.95. The van der Waals surface area contributed by atoms with Crippen molar-refractivity contribution in [1.82, 2.24) is 9.88 Å². The number of piperidine rings is 1. The number of hydrogen-bond donors (Lipinski definition) is 2. The fourth-order valence-corrected chi connectivity index (χ4v) is 5.22. The summed E-state index contributed by atoms with van der Waals surface area (Å²) < 4.78 is 0. The zero-order valence-electron chi connectivity index (χ0n) is 16.4. The van der Waals surface area contributed by atoms with Gasteiger partial charge in [0.2, 0.25) is 0 Å². The van der Waals surface area contributed by atoms with Crippen molar-refractivity contribution in [2.75, 3.05) is 6.54 Å². The molecule has 2 N–H and O–H groups in total. The minimum atomic E-state index is -0.738. The predicted molar refractivity (Wildman–Crippen MR) is 108 cm³/mol. The second kappa shape index (κ2) is 7.25. The van der Waals surface area contributed by atoms with Crippen molar-refractivity contribution in [3.05, 3.63) is 69.1 Å². The third kappa shape index (κ3) is 3.26. The fraction of sp³-hybridized carbons (Fsp3) is 0.522. The van der Waals surface area contributed by atoms with Crippen LogP contribution in [0.15, 0.2) is 41.3 Å². The molecule has 27 heavy (non-hydrogen) atoms. The van der Waals surface area contributed by atoms with Crippen molar-refractivity contribution in [1.29, 1.82) is 0 Å². The molecule has 0 amide bonds. The average Bonchev–Trinajstić information content (AvgIpc) is 2.71. The molecule has 0 unspecified atom stereocenters. The topological polar surface area (TPSA) is 56.3 Å². The number of pyridine rings is 1. The molecule has 2 fully saturated rings. The first-order valence-corrected chi connectivity index (χ1v) is 10.2. The van der Waals surface area contributed by atoms with Crippen molar-refractivity contribution >= 4 is 0 Å². The van der Waals surface area contributed by atoms with Crippen molar-refractivity contribution in [2.24, 2.45) is 5.92 Å². The molecule has 2 heterocycles. The smallest absolute Gasteiger partial charge is 0.187 e. The third-order valence-electron chi connectivity index (χ3n) is 6.84. The second-order valence-electron chi connectivity index (χ2n) is 8.37. The Bertz CT molecular complexity index is 860. The Balaban J connectivity index is 1.63. The standard InChI is InChI=1S/C23H30N2O2/c1-16-14-24-20(17(2)22(16)26)15-25-13-12-23(27,18-8-4-3-5-9-18)19-10-6-7-11-21(19)25/h3-5,8-9,14,19,21,27H,6-7,10-13,15H2,1-2H3,(H,24,26)/t19-,21-,23+/m0/s1. The van der Waals surface area contributed by atoms with Gasteiger partial charge in [0.1, 0.15) is 0 Å². The number of aryl methyl sites for hydroxylation is 1. The van der Waals surface area contributed by atoms with E-state index in [-0.39, 0.29) is 11.3 Å². The van der Waals surface area contributed by atoms with E-state index in [0.29, 0.717) is 6.04 Å². The van der Waals surface area contributed by atoms with Gasteiger partial charge in [0.25, 0.3) is 0 Å². The van der Waals surface area contributed by atoms with Crippen LogP contribution in [0.4, 0.5) is 0 Å². The number of benzene rings is 1.